The van der Waals surface area contributed by atoms with Crippen molar-refractivity contribution in [3.63, 3.8) is 0 Å². The van der Waals surface area contributed by atoms with Gasteiger partial charge < -0.3 is 19.3 Å². The van der Waals surface area contributed by atoms with Crippen LogP contribution in [0.3, 0.4) is 0 Å². The van der Waals surface area contributed by atoms with Gasteiger partial charge in [0.05, 0.1) is 0 Å². The van der Waals surface area contributed by atoms with Gasteiger partial charge in [-0.1, -0.05) is 0 Å². The van der Waals surface area contributed by atoms with Gasteiger partial charge in [0.25, 0.3) is 0 Å². The molecule has 0 aromatic rings. The Morgan fingerprint density at radius 2 is 1.56 bits per heavy atom. The molecule has 0 spiro atoms. The number of fused-ring (bicyclic) bond motifs is 1. The highest BCUT2D eigenvalue weighted by Gasteiger charge is 2.73. The fourth-order valence-corrected chi connectivity index (χ4v) is 2.45. The summed E-state index contributed by atoms with van der Waals surface area (Å²) in [7, 11) is 0. The average molecular weight is 258 g/mol. The summed E-state index contributed by atoms with van der Waals surface area (Å²) in [5.41, 5.74) is -1.18. The zero-order chi connectivity index (χ0) is 14.0. The molecule has 2 aliphatic rings. The van der Waals surface area contributed by atoms with Crippen LogP contribution in [0.4, 0.5) is 0 Å². The van der Waals surface area contributed by atoms with Crippen molar-refractivity contribution in [3.05, 3.63) is 0 Å². The first-order valence-electron chi connectivity index (χ1n) is 5.81. The molecule has 0 unspecified atom stereocenters. The molecule has 4 atom stereocenters. The molecule has 0 aliphatic carbocycles. The fraction of sp³-hybridized carbons (Fsp3) is 0.833. The Balaban J connectivity index is 2.37. The van der Waals surface area contributed by atoms with Gasteiger partial charge in [-0.25, -0.2) is 0 Å². The van der Waals surface area contributed by atoms with Crippen molar-refractivity contribution in [1.82, 2.24) is 0 Å². The van der Waals surface area contributed by atoms with E-state index < -0.39 is 23.0 Å². The summed E-state index contributed by atoms with van der Waals surface area (Å²) in [6, 6.07) is 0. The van der Waals surface area contributed by atoms with Crippen molar-refractivity contribution >= 4 is 11.6 Å². The highest BCUT2D eigenvalue weighted by atomic mass is 16.9. The minimum absolute atomic E-state index is 0.0747. The zero-order valence-corrected chi connectivity index (χ0v) is 11.2. The molecular formula is C12H18O6. The van der Waals surface area contributed by atoms with Gasteiger partial charge in [0, 0.05) is 13.3 Å². The average Bonchev–Trinajstić information content (AvgIpc) is 2.43. The zero-order valence-electron chi connectivity index (χ0n) is 11.2. The largest absolute Gasteiger partial charge is 0.361 e. The molecular weight excluding hydrogens is 240 g/mol. The van der Waals surface area contributed by atoms with Gasteiger partial charge in [0.15, 0.2) is 11.6 Å². The fourth-order valence-electron chi connectivity index (χ4n) is 2.45. The molecule has 0 saturated carbocycles. The number of hydrogen-bond donors (Lipinski definition) is 1. The van der Waals surface area contributed by atoms with Gasteiger partial charge in [-0.2, -0.15) is 0 Å². The van der Waals surface area contributed by atoms with Crippen LogP contribution in [0.2, 0.25) is 0 Å². The van der Waals surface area contributed by atoms with Crippen molar-refractivity contribution in [1.29, 1.82) is 0 Å². The van der Waals surface area contributed by atoms with E-state index in [1.165, 1.54) is 27.7 Å². The van der Waals surface area contributed by atoms with Crippen molar-refractivity contribution in [2.24, 2.45) is 0 Å². The minimum Gasteiger partial charge on any atom is -0.361 e. The third-order valence-electron chi connectivity index (χ3n) is 3.84. The predicted octanol–water partition coefficient (Wildman–Crippen LogP) is 0.511. The van der Waals surface area contributed by atoms with E-state index in [4.69, 9.17) is 14.2 Å². The van der Waals surface area contributed by atoms with Gasteiger partial charge in [-0.15, -0.1) is 0 Å². The first-order valence-corrected chi connectivity index (χ1v) is 5.81. The van der Waals surface area contributed by atoms with Crippen LogP contribution < -0.4 is 0 Å². The summed E-state index contributed by atoms with van der Waals surface area (Å²) in [5.74, 6) is -5.51. The molecule has 1 N–H and O–H groups in total. The second-order valence-corrected chi connectivity index (χ2v) is 5.50. The summed E-state index contributed by atoms with van der Waals surface area (Å²) in [6.45, 7) is 7.13. The third kappa shape index (κ3) is 1.56. The number of rotatable bonds is 2. The number of Topliss-reactive ketones (excluding diaryl/α,β-unsaturated/α-hetero) is 2. The van der Waals surface area contributed by atoms with E-state index in [9.17, 15) is 14.7 Å². The molecule has 2 saturated heterocycles. The van der Waals surface area contributed by atoms with E-state index in [0.717, 1.165) is 0 Å². The monoisotopic (exact) mass is 258 g/mol. The SMILES string of the molecule is CC(=O)[C@]1(C)O[C@@]2(C)O[C@@](C)(C(C)=O)C[C@@]2(O)O1. The van der Waals surface area contributed by atoms with Crippen LogP contribution in [0.15, 0.2) is 0 Å². The molecule has 0 aromatic heterocycles. The normalized spacial score (nSPS) is 51.2. The molecule has 2 heterocycles. The standard InChI is InChI=1S/C12H18O6/c1-7(13)9(3)6-12(15)11(5,16-9)17-10(4,18-12)8(2)14/h15H,6H2,1-5H3/t9-,10-,11-,12-/m1/s1. The maximum atomic E-state index is 11.6. The van der Waals surface area contributed by atoms with Crippen LogP contribution in [-0.4, -0.2) is 39.6 Å². The lowest BCUT2D eigenvalue weighted by Gasteiger charge is -2.29. The van der Waals surface area contributed by atoms with E-state index >= 15 is 0 Å². The summed E-state index contributed by atoms with van der Waals surface area (Å²) in [5, 5.41) is 10.5. The lowest BCUT2D eigenvalue weighted by atomic mass is 9.94. The molecule has 102 valence electrons. The Bertz CT molecular complexity index is 374. The number of carbonyl (C=O) groups excluding carboxylic acids is 2. The molecule has 2 aliphatic heterocycles. The molecule has 18 heavy (non-hydrogen) atoms. The number of ether oxygens (including phenoxy) is 3. The van der Waals surface area contributed by atoms with Gasteiger partial charge in [0.2, 0.25) is 17.4 Å². The van der Waals surface area contributed by atoms with Crippen LogP contribution in [0, 0.1) is 0 Å². The van der Waals surface area contributed by atoms with E-state index in [-0.39, 0.29) is 18.0 Å². The van der Waals surface area contributed by atoms with Crippen LogP contribution in [0.5, 0.6) is 0 Å². The van der Waals surface area contributed by atoms with Crippen molar-refractivity contribution in [2.45, 2.75) is 64.0 Å². The second-order valence-electron chi connectivity index (χ2n) is 5.50. The summed E-state index contributed by atoms with van der Waals surface area (Å²) < 4.78 is 16.4. The summed E-state index contributed by atoms with van der Waals surface area (Å²) in [6.07, 6.45) is -0.0747. The van der Waals surface area contributed by atoms with Crippen LogP contribution >= 0.6 is 0 Å². The minimum atomic E-state index is -1.81. The van der Waals surface area contributed by atoms with Crippen molar-refractivity contribution < 1.29 is 28.9 Å². The lowest BCUT2D eigenvalue weighted by Crippen LogP contribution is -2.45. The highest BCUT2D eigenvalue weighted by Crippen LogP contribution is 2.55. The highest BCUT2D eigenvalue weighted by molar-refractivity contribution is 5.86. The van der Waals surface area contributed by atoms with Gasteiger partial charge >= 0.3 is 0 Å². The quantitative estimate of drug-likeness (QED) is 0.777. The molecule has 0 aromatic carbocycles. The molecule has 6 heteroatoms. The summed E-state index contributed by atoms with van der Waals surface area (Å²) >= 11 is 0. The Labute approximate surface area is 105 Å². The molecule has 0 bridgehead atoms. The topological polar surface area (TPSA) is 82.1 Å². The molecule has 0 amide bonds. The Hall–Kier alpha value is -0.820. The maximum Gasteiger partial charge on any atom is 0.231 e. The predicted molar refractivity (Wildman–Crippen MR) is 59.4 cm³/mol. The van der Waals surface area contributed by atoms with E-state index in [2.05, 4.69) is 0 Å². The Morgan fingerprint density at radius 1 is 1.00 bits per heavy atom. The first kappa shape index (κ1) is 13.6. The number of carbonyl (C=O) groups is 2. The van der Waals surface area contributed by atoms with Crippen LogP contribution in [0.1, 0.15) is 41.0 Å². The molecule has 2 rings (SSSR count). The van der Waals surface area contributed by atoms with E-state index in [0.29, 0.717) is 0 Å². The van der Waals surface area contributed by atoms with Crippen LogP contribution in [0.25, 0.3) is 0 Å². The molecule has 2 fully saturated rings. The first-order chi connectivity index (χ1) is 7.97. The number of hydrogen-bond acceptors (Lipinski definition) is 6. The Kier molecular flexibility index (Phi) is 2.56. The van der Waals surface area contributed by atoms with E-state index in [1.807, 2.05) is 0 Å². The maximum absolute atomic E-state index is 11.6. The second kappa shape index (κ2) is 3.39. The lowest BCUT2D eigenvalue weighted by molar-refractivity contribution is -0.271. The molecule has 6 nitrogen and oxygen atoms in total. The smallest absolute Gasteiger partial charge is 0.231 e. The van der Waals surface area contributed by atoms with Crippen molar-refractivity contribution in [2.75, 3.05) is 0 Å². The number of aliphatic hydroxyl groups is 1. The molecule has 0 radical (unpaired) electrons. The van der Waals surface area contributed by atoms with Gasteiger partial charge in [0.1, 0.15) is 5.60 Å². The van der Waals surface area contributed by atoms with Crippen molar-refractivity contribution in [3.8, 4) is 0 Å². The van der Waals surface area contributed by atoms with Gasteiger partial charge in [-0.05, 0) is 27.7 Å². The number of ketones is 2. The van der Waals surface area contributed by atoms with E-state index in [1.54, 1.807) is 6.92 Å². The van der Waals surface area contributed by atoms with Crippen LogP contribution in [-0.2, 0) is 23.8 Å². The van der Waals surface area contributed by atoms with Gasteiger partial charge in [-0.3, -0.25) is 9.59 Å². The third-order valence-corrected chi connectivity index (χ3v) is 3.84. The summed E-state index contributed by atoms with van der Waals surface area (Å²) in [4.78, 5) is 23.1. The Morgan fingerprint density at radius 3 is 1.94 bits per heavy atom.